The van der Waals surface area contributed by atoms with Crippen molar-refractivity contribution in [3.8, 4) is 0 Å². The lowest BCUT2D eigenvalue weighted by Crippen LogP contribution is -2.41. The van der Waals surface area contributed by atoms with Gasteiger partial charge in [0, 0.05) is 42.9 Å². The summed E-state index contributed by atoms with van der Waals surface area (Å²) in [6, 6.07) is 0. The lowest BCUT2D eigenvalue weighted by molar-refractivity contribution is 0.255. The van der Waals surface area contributed by atoms with Crippen LogP contribution in [0.1, 0.15) is 33.4 Å². The van der Waals surface area contributed by atoms with Crippen molar-refractivity contribution in [3.05, 3.63) is 11.9 Å². The van der Waals surface area contributed by atoms with E-state index in [1.54, 1.807) is 0 Å². The zero-order valence-corrected chi connectivity index (χ0v) is 14.6. The molecular weight excluding hydrogens is 282 g/mol. The van der Waals surface area contributed by atoms with Gasteiger partial charge in [0.2, 0.25) is 0 Å². The molecule has 2 unspecified atom stereocenters. The van der Waals surface area contributed by atoms with Gasteiger partial charge < -0.3 is 5.32 Å². The minimum atomic E-state index is 0.668. The van der Waals surface area contributed by atoms with Crippen LogP contribution in [0.15, 0.2) is 6.20 Å². The number of hydrogen-bond donors (Lipinski definition) is 1. The van der Waals surface area contributed by atoms with Crippen LogP contribution in [0.3, 0.4) is 0 Å². The van der Waals surface area contributed by atoms with Gasteiger partial charge >= 0.3 is 0 Å². The lowest BCUT2D eigenvalue weighted by atomic mass is 10.2. The topological polar surface area (TPSA) is 46.0 Å². The summed E-state index contributed by atoms with van der Waals surface area (Å²) in [7, 11) is 0. The molecule has 2 atom stereocenters. The van der Waals surface area contributed by atoms with Crippen molar-refractivity contribution in [1.82, 2.24) is 25.2 Å². The van der Waals surface area contributed by atoms with Gasteiger partial charge in [-0.15, -0.1) is 5.10 Å². The Labute approximate surface area is 132 Å². The van der Waals surface area contributed by atoms with Gasteiger partial charge in [0.15, 0.2) is 0 Å². The summed E-state index contributed by atoms with van der Waals surface area (Å²) in [4.78, 5) is 2.55. The van der Waals surface area contributed by atoms with Crippen molar-refractivity contribution in [1.29, 1.82) is 0 Å². The molecule has 1 aliphatic heterocycles. The largest absolute Gasteiger partial charge is 0.311 e. The Morgan fingerprint density at radius 1 is 1.29 bits per heavy atom. The molecule has 21 heavy (non-hydrogen) atoms. The summed E-state index contributed by atoms with van der Waals surface area (Å²) in [5, 5.41) is 13.3. The third-order valence-electron chi connectivity index (χ3n) is 3.59. The Balaban J connectivity index is 1.72. The fourth-order valence-electron chi connectivity index (χ4n) is 2.73. The van der Waals surface area contributed by atoms with Crippen LogP contribution >= 0.6 is 11.8 Å². The molecule has 0 aliphatic carbocycles. The van der Waals surface area contributed by atoms with Gasteiger partial charge in [-0.25, -0.2) is 0 Å². The van der Waals surface area contributed by atoms with Gasteiger partial charge in [-0.2, -0.15) is 11.8 Å². The molecule has 1 fully saturated rings. The quantitative estimate of drug-likeness (QED) is 0.833. The minimum absolute atomic E-state index is 0.668. The maximum Gasteiger partial charge on any atom is 0.0964 e. The summed E-state index contributed by atoms with van der Waals surface area (Å²) in [6.45, 7) is 15.3. The average molecular weight is 311 g/mol. The maximum atomic E-state index is 4.23. The van der Waals surface area contributed by atoms with Crippen molar-refractivity contribution >= 4 is 11.8 Å². The Morgan fingerprint density at radius 3 is 2.67 bits per heavy atom. The number of aromatic nitrogens is 3. The molecule has 2 rings (SSSR count). The van der Waals surface area contributed by atoms with Crippen LogP contribution < -0.4 is 5.32 Å². The van der Waals surface area contributed by atoms with Crippen LogP contribution in [0.4, 0.5) is 0 Å². The van der Waals surface area contributed by atoms with Gasteiger partial charge in [-0.3, -0.25) is 9.58 Å². The van der Waals surface area contributed by atoms with E-state index in [1.807, 2.05) is 4.68 Å². The van der Waals surface area contributed by atoms with E-state index in [0.717, 1.165) is 42.4 Å². The van der Waals surface area contributed by atoms with Crippen LogP contribution in [-0.2, 0) is 13.1 Å². The first-order valence-corrected chi connectivity index (χ1v) is 8.94. The van der Waals surface area contributed by atoms with Crippen molar-refractivity contribution in [2.45, 2.75) is 51.3 Å². The van der Waals surface area contributed by atoms with Crippen molar-refractivity contribution < 1.29 is 0 Å². The van der Waals surface area contributed by atoms with Gasteiger partial charge in [-0.05, 0) is 12.5 Å². The van der Waals surface area contributed by atoms with Crippen LogP contribution in [0.5, 0.6) is 0 Å². The van der Waals surface area contributed by atoms with Gasteiger partial charge in [0.1, 0.15) is 0 Å². The predicted molar refractivity (Wildman–Crippen MR) is 89.5 cm³/mol. The van der Waals surface area contributed by atoms with Gasteiger partial charge in [0.25, 0.3) is 0 Å². The van der Waals surface area contributed by atoms with E-state index < -0.39 is 0 Å². The summed E-state index contributed by atoms with van der Waals surface area (Å²) in [5.41, 5.74) is 1.03. The molecule has 1 aliphatic rings. The molecule has 2 heterocycles. The molecule has 6 heteroatoms. The molecule has 0 bridgehead atoms. The van der Waals surface area contributed by atoms with Gasteiger partial charge in [-0.1, -0.05) is 32.9 Å². The molecule has 0 aromatic carbocycles. The van der Waals surface area contributed by atoms with Crippen LogP contribution in [0.2, 0.25) is 0 Å². The molecule has 1 aromatic rings. The highest BCUT2D eigenvalue weighted by Crippen LogP contribution is 2.24. The molecule has 0 saturated carbocycles. The Kier molecular flexibility index (Phi) is 6.51. The summed E-state index contributed by atoms with van der Waals surface area (Å²) in [6.07, 6.45) is 2.07. The monoisotopic (exact) mass is 311 g/mol. The number of rotatable bonds is 7. The number of thioether (sulfide) groups is 1. The molecule has 0 radical (unpaired) electrons. The van der Waals surface area contributed by atoms with Crippen LogP contribution in [0.25, 0.3) is 0 Å². The van der Waals surface area contributed by atoms with E-state index in [0.29, 0.717) is 5.92 Å². The van der Waals surface area contributed by atoms with Crippen molar-refractivity contribution in [2.75, 3.05) is 26.2 Å². The smallest absolute Gasteiger partial charge is 0.0964 e. The molecule has 1 aromatic heterocycles. The van der Waals surface area contributed by atoms with Crippen molar-refractivity contribution in [3.63, 3.8) is 0 Å². The first-order chi connectivity index (χ1) is 10.0. The van der Waals surface area contributed by atoms with E-state index in [1.165, 1.54) is 13.1 Å². The zero-order chi connectivity index (χ0) is 15.2. The Bertz CT molecular complexity index is 410. The highest BCUT2D eigenvalue weighted by atomic mass is 32.2. The molecular formula is C15H29N5S. The fraction of sp³-hybridized carbons (Fsp3) is 0.867. The molecule has 0 amide bonds. The van der Waals surface area contributed by atoms with E-state index in [-0.39, 0.29) is 0 Å². The third kappa shape index (κ3) is 5.96. The lowest BCUT2D eigenvalue weighted by Gasteiger charge is -2.34. The molecule has 0 spiro atoms. The second-order valence-corrected chi connectivity index (χ2v) is 8.40. The number of nitrogens with zero attached hydrogens (tertiary/aromatic N) is 4. The summed E-state index contributed by atoms with van der Waals surface area (Å²) >= 11 is 2.10. The van der Waals surface area contributed by atoms with Crippen molar-refractivity contribution in [2.24, 2.45) is 5.92 Å². The average Bonchev–Trinajstić information content (AvgIpc) is 2.83. The standard InChI is InChI=1S/C15H29N5S/c1-12(2)7-16-8-15-11-20(18-17-15)6-5-19-9-13(3)21-14(4)10-19/h11-14,16H,5-10H2,1-4H3. The first kappa shape index (κ1) is 16.8. The van der Waals surface area contributed by atoms with E-state index in [4.69, 9.17) is 0 Å². The summed E-state index contributed by atoms with van der Waals surface area (Å²) in [5.74, 6) is 0.668. The van der Waals surface area contributed by atoms with Crippen LogP contribution in [0, 0.1) is 5.92 Å². The number of hydrogen-bond acceptors (Lipinski definition) is 5. The second kappa shape index (κ2) is 8.15. The molecule has 5 nitrogen and oxygen atoms in total. The van der Waals surface area contributed by atoms with E-state index >= 15 is 0 Å². The zero-order valence-electron chi connectivity index (χ0n) is 13.7. The van der Waals surface area contributed by atoms with Crippen LogP contribution in [-0.4, -0.2) is 56.6 Å². The van der Waals surface area contributed by atoms with Gasteiger partial charge in [0.05, 0.1) is 12.2 Å². The summed E-state index contributed by atoms with van der Waals surface area (Å²) < 4.78 is 1.98. The van der Waals surface area contributed by atoms with E-state index in [2.05, 4.69) is 66.2 Å². The highest BCUT2D eigenvalue weighted by Gasteiger charge is 2.21. The molecule has 120 valence electrons. The first-order valence-electron chi connectivity index (χ1n) is 8.00. The maximum absolute atomic E-state index is 4.23. The Hall–Kier alpha value is -0.590. The second-order valence-electron chi connectivity index (χ2n) is 6.51. The molecule has 1 N–H and O–H groups in total. The minimum Gasteiger partial charge on any atom is -0.311 e. The molecule has 1 saturated heterocycles. The fourth-order valence-corrected chi connectivity index (χ4v) is 4.12. The predicted octanol–water partition coefficient (Wildman–Crippen LogP) is 1.85. The Morgan fingerprint density at radius 2 is 2.00 bits per heavy atom. The SMILES string of the molecule is CC(C)CNCc1cn(CCN2CC(C)SC(C)C2)nn1. The van der Waals surface area contributed by atoms with E-state index in [9.17, 15) is 0 Å². The third-order valence-corrected chi connectivity index (χ3v) is 4.81. The number of nitrogens with one attached hydrogen (secondary N) is 1. The normalized spacial score (nSPS) is 23.9. The highest BCUT2D eigenvalue weighted by molar-refractivity contribution is 8.00.